The molecule has 20 heavy (non-hydrogen) atoms. The molecule has 0 radical (unpaired) electrons. The SMILES string of the molecule is CC1CCC(CCNC(=O)c2cc(F)ccc2Br)CC1. The molecule has 0 atom stereocenters. The lowest BCUT2D eigenvalue weighted by atomic mass is 9.81. The summed E-state index contributed by atoms with van der Waals surface area (Å²) >= 11 is 3.28. The summed E-state index contributed by atoms with van der Waals surface area (Å²) in [7, 11) is 0. The fourth-order valence-electron chi connectivity index (χ4n) is 2.77. The maximum Gasteiger partial charge on any atom is 0.252 e. The molecular weight excluding hydrogens is 321 g/mol. The summed E-state index contributed by atoms with van der Waals surface area (Å²) in [5, 5.41) is 2.89. The van der Waals surface area contributed by atoms with Crippen molar-refractivity contribution in [3.8, 4) is 0 Å². The Hall–Kier alpha value is -0.900. The number of halogens is 2. The van der Waals surface area contributed by atoms with Crippen LogP contribution in [0.15, 0.2) is 22.7 Å². The highest BCUT2D eigenvalue weighted by Gasteiger charge is 2.18. The molecule has 1 aliphatic carbocycles. The Bertz CT molecular complexity index is 470. The zero-order valence-electron chi connectivity index (χ0n) is 11.8. The molecule has 0 saturated heterocycles. The normalized spacial score (nSPS) is 22.6. The molecule has 1 aliphatic rings. The van der Waals surface area contributed by atoms with Crippen LogP contribution in [0.2, 0.25) is 0 Å². The molecular formula is C16H21BrFNO. The van der Waals surface area contributed by atoms with Crippen LogP contribution in [-0.2, 0) is 0 Å². The Morgan fingerprint density at radius 3 is 2.75 bits per heavy atom. The van der Waals surface area contributed by atoms with E-state index in [1.807, 2.05) is 0 Å². The molecule has 1 aromatic carbocycles. The average molecular weight is 342 g/mol. The van der Waals surface area contributed by atoms with Crippen LogP contribution in [0.3, 0.4) is 0 Å². The molecule has 0 aromatic heterocycles. The second kappa shape index (κ2) is 7.21. The fraction of sp³-hybridized carbons (Fsp3) is 0.562. The first-order valence-corrected chi connectivity index (χ1v) is 8.09. The molecule has 1 fully saturated rings. The zero-order valence-corrected chi connectivity index (χ0v) is 13.4. The van der Waals surface area contributed by atoms with E-state index in [0.29, 0.717) is 16.6 Å². The standard InChI is InChI=1S/C16H21BrFNO/c1-11-2-4-12(5-3-11)8-9-19-16(20)14-10-13(18)6-7-15(14)17/h6-7,10-12H,2-5,8-9H2,1H3,(H,19,20). The van der Waals surface area contributed by atoms with Gasteiger partial charge in [0.15, 0.2) is 0 Å². The highest BCUT2D eigenvalue weighted by atomic mass is 79.9. The van der Waals surface area contributed by atoms with E-state index in [4.69, 9.17) is 0 Å². The molecule has 1 amide bonds. The summed E-state index contributed by atoms with van der Waals surface area (Å²) in [5.74, 6) is 0.978. The molecule has 0 spiro atoms. The Balaban J connectivity index is 1.79. The van der Waals surface area contributed by atoms with E-state index in [0.717, 1.165) is 18.3 Å². The maximum atomic E-state index is 13.2. The van der Waals surface area contributed by atoms with Crippen molar-refractivity contribution < 1.29 is 9.18 Å². The van der Waals surface area contributed by atoms with Crippen molar-refractivity contribution in [3.63, 3.8) is 0 Å². The first kappa shape index (κ1) is 15.5. The van der Waals surface area contributed by atoms with Crippen molar-refractivity contribution in [1.82, 2.24) is 5.32 Å². The van der Waals surface area contributed by atoms with Gasteiger partial charge in [0, 0.05) is 11.0 Å². The number of benzene rings is 1. The van der Waals surface area contributed by atoms with Crippen molar-refractivity contribution in [3.05, 3.63) is 34.1 Å². The Kier molecular flexibility index (Phi) is 5.58. The maximum absolute atomic E-state index is 13.2. The van der Waals surface area contributed by atoms with E-state index in [2.05, 4.69) is 28.2 Å². The van der Waals surface area contributed by atoms with Crippen LogP contribution in [0.25, 0.3) is 0 Å². The van der Waals surface area contributed by atoms with Gasteiger partial charge in [0.2, 0.25) is 0 Å². The minimum atomic E-state index is -0.389. The number of rotatable bonds is 4. The first-order valence-electron chi connectivity index (χ1n) is 7.29. The van der Waals surface area contributed by atoms with Gasteiger partial charge in [-0.05, 0) is 52.4 Å². The number of hydrogen-bond acceptors (Lipinski definition) is 1. The zero-order chi connectivity index (χ0) is 14.5. The van der Waals surface area contributed by atoms with Gasteiger partial charge in [-0.2, -0.15) is 0 Å². The van der Waals surface area contributed by atoms with E-state index in [1.54, 1.807) is 6.07 Å². The predicted octanol–water partition coefficient (Wildman–Crippen LogP) is 4.53. The molecule has 1 aromatic rings. The largest absolute Gasteiger partial charge is 0.352 e. The van der Waals surface area contributed by atoms with Gasteiger partial charge in [-0.3, -0.25) is 4.79 Å². The molecule has 0 bridgehead atoms. The number of amides is 1. The molecule has 1 N–H and O–H groups in total. The molecule has 2 rings (SSSR count). The summed E-state index contributed by atoms with van der Waals surface area (Å²) in [4.78, 5) is 12.0. The minimum Gasteiger partial charge on any atom is -0.352 e. The molecule has 0 unspecified atom stereocenters. The quantitative estimate of drug-likeness (QED) is 0.856. The molecule has 0 heterocycles. The summed E-state index contributed by atoms with van der Waals surface area (Å²) in [6.45, 7) is 2.97. The molecule has 0 aliphatic heterocycles. The van der Waals surface area contributed by atoms with Crippen molar-refractivity contribution in [1.29, 1.82) is 0 Å². The van der Waals surface area contributed by atoms with Crippen molar-refractivity contribution >= 4 is 21.8 Å². The first-order chi connectivity index (χ1) is 9.56. The molecule has 1 saturated carbocycles. The number of hydrogen-bond donors (Lipinski definition) is 1. The Morgan fingerprint density at radius 1 is 1.35 bits per heavy atom. The van der Waals surface area contributed by atoms with Gasteiger partial charge in [-0.15, -0.1) is 0 Å². The van der Waals surface area contributed by atoms with Gasteiger partial charge in [-0.25, -0.2) is 4.39 Å². The summed E-state index contributed by atoms with van der Waals surface area (Å²) in [6, 6.07) is 4.17. The van der Waals surface area contributed by atoms with Crippen LogP contribution in [0, 0.1) is 17.7 Å². The topological polar surface area (TPSA) is 29.1 Å². The van der Waals surface area contributed by atoms with Gasteiger partial charge < -0.3 is 5.32 Å². The minimum absolute atomic E-state index is 0.208. The fourth-order valence-corrected chi connectivity index (χ4v) is 3.20. The Morgan fingerprint density at radius 2 is 2.05 bits per heavy atom. The lowest BCUT2D eigenvalue weighted by Crippen LogP contribution is -2.27. The highest BCUT2D eigenvalue weighted by Crippen LogP contribution is 2.30. The summed E-state index contributed by atoms with van der Waals surface area (Å²) in [6.07, 6.45) is 6.15. The van der Waals surface area contributed by atoms with Crippen molar-refractivity contribution in [2.24, 2.45) is 11.8 Å². The monoisotopic (exact) mass is 341 g/mol. The van der Waals surface area contributed by atoms with E-state index in [-0.39, 0.29) is 11.7 Å². The molecule has 110 valence electrons. The van der Waals surface area contributed by atoms with E-state index in [9.17, 15) is 9.18 Å². The van der Waals surface area contributed by atoms with Crippen LogP contribution in [-0.4, -0.2) is 12.5 Å². The van der Waals surface area contributed by atoms with Crippen LogP contribution in [0.1, 0.15) is 49.4 Å². The molecule has 4 heteroatoms. The van der Waals surface area contributed by atoms with E-state index >= 15 is 0 Å². The van der Waals surface area contributed by atoms with E-state index in [1.165, 1.54) is 37.8 Å². The highest BCUT2D eigenvalue weighted by molar-refractivity contribution is 9.10. The predicted molar refractivity (Wildman–Crippen MR) is 82.2 cm³/mol. The molecule has 2 nitrogen and oxygen atoms in total. The lowest BCUT2D eigenvalue weighted by Gasteiger charge is -2.26. The van der Waals surface area contributed by atoms with Crippen LogP contribution in [0.4, 0.5) is 4.39 Å². The van der Waals surface area contributed by atoms with E-state index < -0.39 is 0 Å². The third-order valence-corrected chi connectivity index (χ3v) is 4.84. The van der Waals surface area contributed by atoms with Gasteiger partial charge in [0.05, 0.1) is 5.56 Å². The second-order valence-electron chi connectivity index (χ2n) is 5.79. The smallest absolute Gasteiger partial charge is 0.252 e. The van der Waals surface area contributed by atoms with Crippen molar-refractivity contribution in [2.45, 2.75) is 39.0 Å². The number of nitrogens with one attached hydrogen (secondary N) is 1. The summed E-state index contributed by atoms with van der Waals surface area (Å²) in [5.41, 5.74) is 0.363. The van der Waals surface area contributed by atoms with Gasteiger partial charge >= 0.3 is 0 Å². The average Bonchev–Trinajstić information content (AvgIpc) is 2.43. The lowest BCUT2D eigenvalue weighted by molar-refractivity contribution is 0.0948. The second-order valence-corrected chi connectivity index (χ2v) is 6.65. The van der Waals surface area contributed by atoms with Gasteiger partial charge in [0.1, 0.15) is 5.82 Å². The third kappa shape index (κ3) is 4.30. The van der Waals surface area contributed by atoms with Crippen LogP contribution in [0.5, 0.6) is 0 Å². The van der Waals surface area contributed by atoms with Crippen molar-refractivity contribution in [2.75, 3.05) is 6.54 Å². The summed E-state index contributed by atoms with van der Waals surface area (Å²) < 4.78 is 13.8. The number of carbonyl (C=O) groups excluding carboxylic acids is 1. The third-order valence-electron chi connectivity index (χ3n) is 4.15. The number of carbonyl (C=O) groups is 1. The van der Waals surface area contributed by atoms with Crippen LogP contribution >= 0.6 is 15.9 Å². The Labute approximate surface area is 128 Å². The van der Waals surface area contributed by atoms with Gasteiger partial charge in [-0.1, -0.05) is 32.6 Å². The van der Waals surface area contributed by atoms with Crippen LogP contribution < -0.4 is 5.32 Å². The van der Waals surface area contributed by atoms with Gasteiger partial charge in [0.25, 0.3) is 5.91 Å².